The molecule has 1 aromatic rings. The van der Waals surface area contributed by atoms with Gasteiger partial charge in [0.2, 0.25) is 6.79 Å². The van der Waals surface area contributed by atoms with Crippen molar-refractivity contribution in [3.63, 3.8) is 0 Å². The van der Waals surface area contributed by atoms with Crippen LogP contribution in [0.15, 0.2) is 12.1 Å². The number of carbonyl (C=O) groups excluding carboxylic acids is 1. The maximum absolute atomic E-state index is 11.6. The van der Waals surface area contributed by atoms with E-state index in [1.165, 1.54) is 7.11 Å². The Morgan fingerprint density at radius 2 is 1.94 bits per heavy atom. The second-order valence-electron chi connectivity index (χ2n) is 4.76. The number of ether oxygens (including phenoxy) is 3. The number of methoxy groups -OCH3 is 1. The molecular formula is C13H17NO4. The zero-order chi connectivity index (χ0) is 13.3. The Labute approximate surface area is 106 Å². The molecule has 0 atom stereocenters. The van der Waals surface area contributed by atoms with Crippen LogP contribution in [-0.4, -0.2) is 25.4 Å². The first-order valence-electron chi connectivity index (χ1n) is 5.71. The van der Waals surface area contributed by atoms with Crippen LogP contribution in [0.5, 0.6) is 11.5 Å². The fourth-order valence-electron chi connectivity index (χ4n) is 1.82. The number of nitrogens with one attached hydrogen (secondary N) is 1. The quantitative estimate of drug-likeness (QED) is 0.833. The summed E-state index contributed by atoms with van der Waals surface area (Å²) in [5.41, 5.74) is 1.01. The number of esters is 1. The van der Waals surface area contributed by atoms with Crippen molar-refractivity contribution in [2.24, 2.45) is 0 Å². The van der Waals surface area contributed by atoms with E-state index in [9.17, 15) is 4.79 Å². The molecule has 0 aliphatic carbocycles. The average molecular weight is 251 g/mol. The van der Waals surface area contributed by atoms with Gasteiger partial charge in [0.25, 0.3) is 0 Å². The van der Waals surface area contributed by atoms with Crippen LogP contribution in [0.25, 0.3) is 0 Å². The predicted molar refractivity (Wildman–Crippen MR) is 67.0 cm³/mol. The normalized spacial score (nSPS) is 13.3. The summed E-state index contributed by atoms with van der Waals surface area (Å²) in [6, 6.07) is 3.72. The van der Waals surface area contributed by atoms with Crippen molar-refractivity contribution in [2.75, 3.05) is 19.2 Å². The minimum absolute atomic E-state index is 0.235. The fourth-order valence-corrected chi connectivity index (χ4v) is 1.82. The largest absolute Gasteiger partial charge is 0.467 e. The first kappa shape index (κ1) is 12.5. The van der Waals surface area contributed by atoms with Gasteiger partial charge in [0.1, 0.15) is 5.54 Å². The van der Waals surface area contributed by atoms with Gasteiger partial charge in [-0.1, -0.05) is 0 Å². The summed E-state index contributed by atoms with van der Waals surface area (Å²) in [4.78, 5) is 11.6. The summed E-state index contributed by atoms with van der Waals surface area (Å²) in [6.45, 7) is 5.71. The van der Waals surface area contributed by atoms with Crippen molar-refractivity contribution in [3.8, 4) is 11.5 Å². The predicted octanol–water partition coefficient (Wildman–Crippen LogP) is 2.09. The summed E-state index contributed by atoms with van der Waals surface area (Å²) in [7, 11) is 1.37. The Bertz CT molecular complexity index is 482. The number of hydrogen-bond acceptors (Lipinski definition) is 5. The van der Waals surface area contributed by atoms with Gasteiger partial charge in [-0.15, -0.1) is 0 Å². The zero-order valence-electron chi connectivity index (χ0n) is 11.0. The summed E-state index contributed by atoms with van der Waals surface area (Å²) >= 11 is 0. The molecule has 18 heavy (non-hydrogen) atoms. The molecule has 0 aromatic heterocycles. The van der Waals surface area contributed by atoms with Gasteiger partial charge in [0.15, 0.2) is 11.5 Å². The van der Waals surface area contributed by atoms with E-state index in [4.69, 9.17) is 14.2 Å². The average Bonchev–Trinajstić information content (AvgIpc) is 2.75. The Kier molecular flexibility index (Phi) is 3.07. The number of fused-ring (bicyclic) bond motifs is 1. The zero-order valence-corrected chi connectivity index (χ0v) is 11.0. The van der Waals surface area contributed by atoms with Crippen molar-refractivity contribution >= 4 is 11.7 Å². The summed E-state index contributed by atoms with van der Waals surface area (Å²) < 4.78 is 15.4. The SMILES string of the molecule is COC(=O)C(C)(C)Nc1cc2c(cc1C)OCO2. The van der Waals surface area contributed by atoms with E-state index in [-0.39, 0.29) is 12.8 Å². The van der Waals surface area contributed by atoms with Crippen LogP contribution in [-0.2, 0) is 9.53 Å². The second kappa shape index (κ2) is 4.40. The summed E-state index contributed by atoms with van der Waals surface area (Å²) in [5, 5.41) is 3.16. The maximum Gasteiger partial charge on any atom is 0.330 e. The van der Waals surface area contributed by atoms with Crippen molar-refractivity contribution in [1.82, 2.24) is 0 Å². The number of anilines is 1. The lowest BCUT2D eigenvalue weighted by Gasteiger charge is -2.25. The molecular weight excluding hydrogens is 234 g/mol. The van der Waals surface area contributed by atoms with Crippen molar-refractivity contribution < 1.29 is 19.0 Å². The highest BCUT2D eigenvalue weighted by Gasteiger charge is 2.29. The molecule has 0 saturated heterocycles. The molecule has 0 fully saturated rings. The van der Waals surface area contributed by atoms with Gasteiger partial charge in [-0.25, -0.2) is 4.79 Å². The van der Waals surface area contributed by atoms with Crippen LogP contribution in [0.4, 0.5) is 5.69 Å². The van der Waals surface area contributed by atoms with Crippen LogP contribution in [0, 0.1) is 6.92 Å². The molecule has 0 bridgehead atoms. The topological polar surface area (TPSA) is 56.8 Å². The molecule has 5 nitrogen and oxygen atoms in total. The first-order chi connectivity index (χ1) is 8.44. The number of carbonyl (C=O) groups is 1. The lowest BCUT2D eigenvalue weighted by Crippen LogP contribution is -2.41. The van der Waals surface area contributed by atoms with Crippen LogP contribution in [0.3, 0.4) is 0 Å². The third-order valence-electron chi connectivity index (χ3n) is 2.86. The number of hydrogen-bond donors (Lipinski definition) is 1. The van der Waals surface area contributed by atoms with Gasteiger partial charge >= 0.3 is 5.97 Å². The molecule has 0 radical (unpaired) electrons. The van der Waals surface area contributed by atoms with Gasteiger partial charge in [-0.05, 0) is 32.4 Å². The Morgan fingerprint density at radius 3 is 2.56 bits per heavy atom. The van der Waals surface area contributed by atoms with E-state index in [0.717, 1.165) is 17.0 Å². The molecule has 1 heterocycles. The van der Waals surface area contributed by atoms with E-state index in [1.54, 1.807) is 13.8 Å². The van der Waals surface area contributed by atoms with E-state index in [0.29, 0.717) is 5.75 Å². The molecule has 1 aromatic carbocycles. The fraction of sp³-hybridized carbons (Fsp3) is 0.462. The van der Waals surface area contributed by atoms with Crippen molar-refractivity contribution in [1.29, 1.82) is 0 Å². The van der Waals surface area contributed by atoms with Gasteiger partial charge in [-0.3, -0.25) is 0 Å². The minimum Gasteiger partial charge on any atom is -0.467 e. The molecule has 0 amide bonds. The smallest absolute Gasteiger partial charge is 0.330 e. The maximum atomic E-state index is 11.6. The molecule has 1 aliphatic heterocycles. The molecule has 5 heteroatoms. The number of rotatable bonds is 3. The molecule has 1 aliphatic rings. The van der Waals surface area contributed by atoms with Crippen molar-refractivity contribution in [2.45, 2.75) is 26.3 Å². The highest BCUT2D eigenvalue weighted by atomic mass is 16.7. The Hall–Kier alpha value is -1.91. The van der Waals surface area contributed by atoms with E-state index in [1.807, 2.05) is 19.1 Å². The molecule has 1 N–H and O–H groups in total. The highest BCUT2D eigenvalue weighted by Crippen LogP contribution is 2.37. The second-order valence-corrected chi connectivity index (χ2v) is 4.76. The van der Waals surface area contributed by atoms with Crippen LogP contribution in [0.1, 0.15) is 19.4 Å². The van der Waals surface area contributed by atoms with Gasteiger partial charge in [0.05, 0.1) is 7.11 Å². The summed E-state index contributed by atoms with van der Waals surface area (Å²) in [5.74, 6) is 1.09. The van der Waals surface area contributed by atoms with E-state index < -0.39 is 5.54 Å². The van der Waals surface area contributed by atoms with Crippen molar-refractivity contribution in [3.05, 3.63) is 17.7 Å². The third kappa shape index (κ3) is 2.20. The molecule has 0 unspecified atom stereocenters. The Morgan fingerprint density at radius 1 is 1.33 bits per heavy atom. The minimum atomic E-state index is -0.798. The molecule has 0 spiro atoms. The monoisotopic (exact) mass is 251 g/mol. The van der Waals surface area contributed by atoms with E-state index >= 15 is 0 Å². The van der Waals surface area contributed by atoms with Crippen LogP contribution in [0.2, 0.25) is 0 Å². The summed E-state index contributed by atoms with van der Waals surface area (Å²) in [6.07, 6.45) is 0. The van der Waals surface area contributed by atoms with Gasteiger partial charge in [-0.2, -0.15) is 0 Å². The van der Waals surface area contributed by atoms with E-state index in [2.05, 4.69) is 5.32 Å². The third-order valence-corrected chi connectivity index (χ3v) is 2.86. The van der Waals surface area contributed by atoms with Crippen LogP contribution < -0.4 is 14.8 Å². The molecule has 2 rings (SSSR count). The molecule has 0 saturated carbocycles. The Balaban J connectivity index is 2.27. The lowest BCUT2D eigenvalue weighted by molar-refractivity contribution is -0.144. The highest BCUT2D eigenvalue weighted by molar-refractivity contribution is 5.84. The first-order valence-corrected chi connectivity index (χ1v) is 5.71. The number of benzene rings is 1. The molecule has 98 valence electrons. The standard InChI is InChI=1S/C13H17NO4/c1-8-5-10-11(18-7-17-10)6-9(8)14-13(2,3)12(15)16-4/h5-6,14H,7H2,1-4H3. The van der Waals surface area contributed by atoms with Gasteiger partial charge < -0.3 is 19.5 Å². The lowest BCUT2D eigenvalue weighted by atomic mass is 10.0. The van der Waals surface area contributed by atoms with Crippen LogP contribution >= 0.6 is 0 Å². The number of aryl methyl sites for hydroxylation is 1. The van der Waals surface area contributed by atoms with Gasteiger partial charge in [0, 0.05) is 11.8 Å².